The summed E-state index contributed by atoms with van der Waals surface area (Å²) in [5.74, 6) is -1.31. The predicted molar refractivity (Wildman–Crippen MR) is 85.4 cm³/mol. The van der Waals surface area contributed by atoms with E-state index in [0.29, 0.717) is 36.8 Å². The molecule has 0 radical (unpaired) electrons. The van der Waals surface area contributed by atoms with Gasteiger partial charge in [0, 0.05) is 12.1 Å². The van der Waals surface area contributed by atoms with Gasteiger partial charge in [-0.25, -0.2) is 0 Å². The van der Waals surface area contributed by atoms with Gasteiger partial charge in [0.2, 0.25) is 5.56 Å². The van der Waals surface area contributed by atoms with Crippen molar-refractivity contribution >= 4 is 22.8 Å². The summed E-state index contributed by atoms with van der Waals surface area (Å²) in [5, 5.41) is 12.8. The standard InChI is InChI=1S/C17H18N2O4/c20-14-9-6-10-2-1-3-13(15(10)19-14)16(21)18-12-7-4-11(5-8-12)17(22)23/h1-3,6,9,11-12H,4-5,7-8H2,(H,18,21)(H,19,20)(H,22,23). The van der Waals surface area contributed by atoms with Gasteiger partial charge in [0.25, 0.3) is 5.91 Å². The van der Waals surface area contributed by atoms with E-state index in [-0.39, 0.29) is 23.4 Å². The Hall–Kier alpha value is -2.63. The number of para-hydroxylation sites is 1. The van der Waals surface area contributed by atoms with Gasteiger partial charge in [0.15, 0.2) is 0 Å². The fraction of sp³-hybridized carbons (Fsp3) is 0.353. The minimum atomic E-state index is -0.763. The third-order valence-electron chi connectivity index (χ3n) is 4.42. The number of hydrogen-bond acceptors (Lipinski definition) is 3. The average Bonchev–Trinajstić information content (AvgIpc) is 2.54. The molecule has 1 amide bonds. The monoisotopic (exact) mass is 314 g/mol. The molecule has 0 unspecified atom stereocenters. The lowest BCUT2D eigenvalue weighted by Crippen LogP contribution is -2.38. The molecule has 23 heavy (non-hydrogen) atoms. The van der Waals surface area contributed by atoms with E-state index in [4.69, 9.17) is 5.11 Å². The van der Waals surface area contributed by atoms with Crippen molar-refractivity contribution < 1.29 is 14.7 Å². The second kappa shape index (κ2) is 6.24. The fourth-order valence-electron chi connectivity index (χ4n) is 3.12. The topological polar surface area (TPSA) is 99.3 Å². The highest BCUT2D eigenvalue weighted by atomic mass is 16.4. The Morgan fingerprint density at radius 3 is 2.52 bits per heavy atom. The number of carbonyl (C=O) groups is 2. The van der Waals surface area contributed by atoms with E-state index in [2.05, 4.69) is 10.3 Å². The average molecular weight is 314 g/mol. The normalized spacial score (nSPS) is 21.0. The molecule has 2 aromatic rings. The van der Waals surface area contributed by atoms with Crippen LogP contribution in [-0.4, -0.2) is 28.0 Å². The van der Waals surface area contributed by atoms with E-state index in [9.17, 15) is 14.4 Å². The number of amides is 1. The number of aliphatic carboxylic acids is 1. The van der Waals surface area contributed by atoms with Gasteiger partial charge in [-0.1, -0.05) is 12.1 Å². The van der Waals surface area contributed by atoms with Gasteiger partial charge in [0.1, 0.15) is 0 Å². The molecule has 6 nitrogen and oxygen atoms in total. The number of carboxylic acid groups (broad SMARTS) is 1. The first-order chi connectivity index (χ1) is 11.0. The predicted octanol–water partition coefficient (Wildman–Crippen LogP) is 1.90. The van der Waals surface area contributed by atoms with E-state index < -0.39 is 5.97 Å². The molecular formula is C17H18N2O4. The molecule has 1 saturated carbocycles. The Bertz CT molecular complexity index is 804. The van der Waals surface area contributed by atoms with E-state index >= 15 is 0 Å². The third-order valence-corrected chi connectivity index (χ3v) is 4.42. The Kier molecular flexibility index (Phi) is 4.14. The number of fused-ring (bicyclic) bond motifs is 1. The summed E-state index contributed by atoms with van der Waals surface area (Å²) in [6.07, 6.45) is 2.47. The Morgan fingerprint density at radius 1 is 1.09 bits per heavy atom. The highest BCUT2D eigenvalue weighted by Gasteiger charge is 2.27. The first kappa shape index (κ1) is 15.3. The van der Waals surface area contributed by atoms with Crippen LogP contribution in [0.2, 0.25) is 0 Å². The largest absolute Gasteiger partial charge is 0.481 e. The van der Waals surface area contributed by atoms with Crippen molar-refractivity contribution in [2.24, 2.45) is 5.92 Å². The van der Waals surface area contributed by atoms with Crippen LogP contribution in [0.4, 0.5) is 0 Å². The SMILES string of the molecule is O=C(NC1CCC(C(=O)O)CC1)c1cccc2ccc(=O)[nH]c12. The van der Waals surface area contributed by atoms with E-state index in [0.717, 1.165) is 5.39 Å². The summed E-state index contributed by atoms with van der Waals surface area (Å²) < 4.78 is 0. The number of aromatic nitrogens is 1. The van der Waals surface area contributed by atoms with Crippen molar-refractivity contribution in [3.05, 3.63) is 46.2 Å². The molecule has 1 aliphatic rings. The molecule has 0 aliphatic heterocycles. The van der Waals surface area contributed by atoms with Crippen LogP contribution in [0.15, 0.2) is 35.1 Å². The zero-order valence-corrected chi connectivity index (χ0v) is 12.5. The molecule has 3 rings (SSSR count). The summed E-state index contributed by atoms with van der Waals surface area (Å²) in [6, 6.07) is 8.37. The Labute approximate surface area is 132 Å². The van der Waals surface area contributed by atoms with Crippen molar-refractivity contribution in [3.8, 4) is 0 Å². The Morgan fingerprint density at radius 2 is 1.83 bits per heavy atom. The number of aromatic amines is 1. The number of carbonyl (C=O) groups excluding carboxylic acids is 1. The maximum Gasteiger partial charge on any atom is 0.306 e. The zero-order chi connectivity index (χ0) is 16.4. The number of hydrogen-bond donors (Lipinski definition) is 3. The molecular weight excluding hydrogens is 296 g/mol. The lowest BCUT2D eigenvalue weighted by molar-refractivity contribution is -0.142. The van der Waals surface area contributed by atoms with Crippen LogP contribution in [0.5, 0.6) is 0 Å². The van der Waals surface area contributed by atoms with Crippen molar-refractivity contribution in [2.75, 3.05) is 0 Å². The fourth-order valence-corrected chi connectivity index (χ4v) is 3.12. The first-order valence-corrected chi connectivity index (χ1v) is 7.70. The van der Waals surface area contributed by atoms with Gasteiger partial charge in [-0.2, -0.15) is 0 Å². The molecule has 1 aliphatic carbocycles. The van der Waals surface area contributed by atoms with Gasteiger partial charge in [-0.15, -0.1) is 0 Å². The first-order valence-electron chi connectivity index (χ1n) is 7.70. The lowest BCUT2D eigenvalue weighted by atomic mass is 9.86. The van der Waals surface area contributed by atoms with Crippen LogP contribution in [0.25, 0.3) is 10.9 Å². The highest BCUT2D eigenvalue weighted by Crippen LogP contribution is 2.25. The van der Waals surface area contributed by atoms with Crippen molar-refractivity contribution in [3.63, 3.8) is 0 Å². The summed E-state index contributed by atoms with van der Waals surface area (Å²) in [4.78, 5) is 37.7. The minimum absolute atomic E-state index is 0.0243. The molecule has 0 atom stereocenters. The molecule has 1 aromatic heterocycles. The van der Waals surface area contributed by atoms with Crippen LogP contribution >= 0.6 is 0 Å². The smallest absolute Gasteiger partial charge is 0.306 e. The number of benzene rings is 1. The summed E-state index contributed by atoms with van der Waals surface area (Å²) in [7, 11) is 0. The molecule has 6 heteroatoms. The lowest BCUT2D eigenvalue weighted by Gasteiger charge is -2.26. The minimum Gasteiger partial charge on any atom is -0.481 e. The second-order valence-corrected chi connectivity index (χ2v) is 5.95. The number of nitrogens with one attached hydrogen (secondary N) is 2. The van der Waals surface area contributed by atoms with Crippen LogP contribution < -0.4 is 10.9 Å². The number of pyridine rings is 1. The molecule has 120 valence electrons. The van der Waals surface area contributed by atoms with E-state index in [1.54, 1.807) is 18.2 Å². The van der Waals surface area contributed by atoms with Crippen LogP contribution in [0.1, 0.15) is 36.0 Å². The summed E-state index contributed by atoms with van der Waals surface area (Å²) in [5.41, 5.74) is 0.706. The number of carboxylic acids is 1. The van der Waals surface area contributed by atoms with E-state index in [1.807, 2.05) is 6.07 Å². The van der Waals surface area contributed by atoms with Crippen LogP contribution in [-0.2, 0) is 4.79 Å². The Balaban J connectivity index is 1.76. The van der Waals surface area contributed by atoms with Crippen LogP contribution in [0.3, 0.4) is 0 Å². The molecule has 0 saturated heterocycles. The summed E-state index contributed by atoms with van der Waals surface area (Å²) in [6.45, 7) is 0. The van der Waals surface area contributed by atoms with Gasteiger partial charge in [0.05, 0.1) is 17.0 Å². The number of rotatable bonds is 3. The maximum absolute atomic E-state index is 12.5. The van der Waals surface area contributed by atoms with Gasteiger partial charge >= 0.3 is 5.97 Å². The molecule has 0 bridgehead atoms. The highest BCUT2D eigenvalue weighted by molar-refractivity contribution is 6.05. The van der Waals surface area contributed by atoms with Crippen molar-refractivity contribution in [1.82, 2.24) is 10.3 Å². The quantitative estimate of drug-likeness (QED) is 0.805. The molecule has 3 N–H and O–H groups in total. The third kappa shape index (κ3) is 3.26. The molecule has 1 heterocycles. The second-order valence-electron chi connectivity index (χ2n) is 5.95. The van der Waals surface area contributed by atoms with Gasteiger partial charge in [-0.05, 0) is 43.2 Å². The molecule has 0 spiro atoms. The van der Waals surface area contributed by atoms with E-state index in [1.165, 1.54) is 6.07 Å². The molecule has 1 fully saturated rings. The van der Waals surface area contributed by atoms with Gasteiger partial charge < -0.3 is 15.4 Å². The van der Waals surface area contributed by atoms with Gasteiger partial charge in [-0.3, -0.25) is 14.4 Å². The molecule has 1 aromatic carbocycles. The van der Waals surface area contributed by atoms with Crippen molar-refractivity contribution in [2.45, 2.75) is 31.7 Å². The maximum atomic E-state index is 12.5. The summed E-state index contributed by atoms with van der Waals surface area (Å²) >= 11 is 0. The van der Waals surface area contributed by atoms with Crippen LogP contribution in [0, 0.1) is 5.92 Å². The van der Waals surface area contributed by atoms with Crippen molar-refractivity contribution in [1.29, 1.82) is 0 Å². The number of H-pyrrole nitrogens is 1. The zero-order valence-electron chi connectivity index (χ0n) is 12.5.